The van der Waals surface area contributed by atoms with Crippen LogP contribution in [0.1, 0.15) is 10.4 Å². The molecule has 0 aliphatic rings. The summed E-state index contributed by atoms with van der Waals surface area (Å²) in [5, 5.41) is 0. The molecule has 0 saturated carbocycles. The summed E-state index contributed by atoms with van der Waals surface area (Å²) in [6.07, 6.45) is 0. The Morgan fingerprint density at radius 3 is 2.28 bits per heavy atom. The van der Waals surface area contributed by atoms with E-state index >= 15 is 0 Å². The molecule has 1 aromatic carbocycles. The second-order valence-corrected chi connectivity index (χ2v) is 3.07. The maximum atomic E-state index is 11.7. The zero-order valence-corrected chi connectivity index (χ0v) is 10.5. The average molecular weight is 255 g/mol. The van der Waals surface area contributed by atoms with Gasteiger partial charge in [-0.15, -0.1) is 0 Å². The second kappa shape index (κ2) is 6.70. The van der Waals surface area contributed by atoms with Gasteiger partial charge in [0.2, 0.25) is 5.75 Å². The van der Waals surface area contributed by atoms with Crippen LogP contribution in [-0.4, -0.2) is 33.9 Å². The Morgan fingerprint density at radius 2 is 1.78 bits per heavy atom. The average Bonchev–Trinajstić information content (AvgIpc) is 2.42. The van der Waals surface area contributed by atoms with E-state index in [2.05, 4.69) is 16.7 Å². The van der Waals surface area contributed by atoms with E-state index < -0.39 is 5.97 Å². The Hall–Kier alpha value is -1.95. The fourth-order valence-corrected chi connectivity index (χ4v) is 1.40. The number of hydrogen-bond donors (Lipinski definition) is 0. The maximum absolute atomic E-state index is 11.7. The molecular weight excluding hydrogens is 240 g/mol. The zero-order valence-electron chi connectivity index (χ0n) is 10.5. The highest BCUT2D eigenvalue weighted by Gasteiger charge is 2.22. The Labute approximate surface area is 105 Å². The first-order chi connectivity index (χ1) is 8.69. The summed E-state index contributed by atoms with van der Waals surface area (Å²) in [6.45, 7) is 3.39. The highest BCUT2D eigenvalue weighted by molar-refractivity contribution is 5.93. The molecule has 6 nitrogen and oxygen atoms in total. The third-order valence-electron chi connectivity index (χ3n) is 2.14. The second-order valence-electron chi connectivity index (χ2n) is 3.07. The van der Waals surface area contributed by atoms with Gasteiger partial charge in [-0.05, 0) is 19.1 Å². The van der Waals surface area contributed by atoms with E-state index in [-0.39, 0.29) is 17.9 Å². The third-order valence-corrected chi connectivity index (χ3v) is 2.14. The number of carbonyl (C=O) groups excluding carboxylic acids is 1. The molecule has 0 fully saturated rings. The molecule has 0 aliphatic carbocycles. The van der Waals surface area contributed by atoms with Crippen molar-refractivity contribution in [2.24, 2.45) is 0 Å². The first-order valence-electron chi connectivity index (χ1n) is 5.11. The van der Waals surface area contributed by atoms with Gasteiger partial charge in [0.25, 0.3) is 0 Å². The van der Waals surface area contributed by atoms with Gasteiger partial charge in [0, 0.05) is 0 Å². The Kier molecular flexibility index (Phi) is 5.26. The smallest absolute Gasteiger partial charge is 0.376 e. The van der Waals surface area contributed by atoms with Crippen molar-refractivity contribution in [2.45, 2.75) is 0 Å². The lowest BCUT2D eigenvalue weighted by molar-refractivity contribution is -0.232. The summed E-state index contributed by atoms with van der Waals surface area (Å²) in [7, 11) is 4.35. The van der Waals surface area contributed by atoms with Crippen molar-refractivity contribution in [3.63, 3.8) is 0 Å². The number of benzene rings is 1. The normalized spacial score (nSPS) is 9.78. The first kappa shape index (κ1) is 14.1. The van der Waals surface area contributed by atoms with E-state index in [0.717, 1.165) is 0 Å². The largest absolute Gasteiger partial charge is 0.493 e. The van der Waals surface area contributed by atoms with E-state index in [9.17, 15) is 4.79 Å². The minimum atomic E-state index is -0.698. The molecular formula is C12H15O6. The zero-order chi connectivity index (χ0) is 13.5. The van der Waals surface area contributed by atoms with Crippen LogP contribution >= 0.6 is 0 Å². The Morgan fingerprint density at radius 1 is 1.11 bits per heavy atom. The van der Waals surface area contributed by atoms with Crippen LogP contribution in [0.3, 0.4) is 0 Å². The minimum Gasteiger partial charge on any atom is -0.493 e. The number of ether oxygens (including phenoxy) is 3. The molecule has 99 valence electrons. The molecule has 0 amide bonds. The van der Waals surface area contributed by atoms with E-state index in [4.69, 9.17) is 14.2 Å². The summed E-state index contributed by atoms with van der Waals surface area (Å²) < 4.78 is 15.4. The van der Waals surface area contributed by atoms with Crippen LogP contribution in [0.25, 0.3) is 0 Å². The van der Waals surface area contributed by atoms with Crippen LogP contribution in [0.15, 0.2) is 12.1 Å². The monoisotopic (exact) mass is 255 g/mol. The van der Waals surface area contributed by atoms with Crippen molar-refractivity contribution in [1.29, 1.82) is 0 Å². The first-order valence-corrected chi connectivity index (χ1v) is 5.11. The van der Waals surface area contributed by atoms with Gasteiger partial charge >= 0.3 is 5.97 Å². The Bertz CT molecular complexity index is 415. The lowest BCUT2D eigenvalue weighted by atomic mass is 10.1. The number of hydrogen-bond acceptors (Lipinski definition) is 6. The summed E-state index contributed by atoms with van der Waals surface area (Å²) in [5.41, 5.74) is 0.170. The van der Waals surface area contributed by atoms with E-state index in [1.54, 1.807) is 6.07 Å². The highest BCUT2D eigenvalue weighted by atomic mass is 17.2. The molecule has 0 heterocycles. The third kappa shape index (κ3) is 2.84. The number of rotatable bonds is 6. The van der Waals surface area contributed by atoms with Crippen LogP contribution in [0.5, 0.6) is 17.2 Å². The lowest BCUT2D eigenvalue weighted by Crippen LogP contribution is -2.09. The fourth-order valence-electron chi connectivity index (χ4n) is 1.40. The van der Waals surface area contributed by atoms with Crippen LogP contribution in [-0.2, 0) is 9.78 Å². The van der Waals surface area contributed by atoms with Crippen LogP contribution < -0.4 is 14.2 Å². The molecule has 0 saturated heterocycles. The predicted molar refractivity (Wildman–Crippen MR) is 62.8 cm³/mol. The minimum absolute atomic E-state index is 0.0152. The molecule has 1 radical (unpaired) electrons. The Balaban J connectivity index is 3.16. The standard InChI is InChI=1S/C12H15O6/c1-5-17-18-12(13)8-6-7-9(14-2)11(16-4)10(8)15-3/h6-7H,1,5H2,2-4H3. The SMILES string of the molecule is [CH2]COOC(=O)c1ccc(OC)c(OC)c1OC. The van der Waals surface area contributed by atoms with Crippen molar-refractivity contribution in [1.82, 2.24) is 0 Å². The summed E-state index contributed by atoms with van der Waals surface area (Å²) >= 11 is 0. The topological polar surface area (TPSA) is 63.2 Å². The molecule has 0 aliphatic heterocycles. The van der Waals surface area contributed by atoms with Gasteiger partial charge < -0.3 is 14.2 Å². The van der Waals surface area contributed by atoms with Crippen molar-refractivity contribution in [3.05, 3.63) is 24.6 Å². The van der Waals surface area contributed by atoms with Crippen molar-refractivity contribution < 1.29 is 28.8 Å². The van der Waals surface area contributed by atoms with Gasteiger partial charge in [0.15, 0.2) is 11.5 Å². The molecule has 0 atom stereocenters. The molecule has 1 rings (SSSR count). The van der Waals surface area contributed by atoms with Gasteiger partial charge in [-0.3, -0.25) is 4.89 Å². The van der Waals surface area contributed by atoms with Crippen LogP contribution in [0, 0.1) is 6.92 Å². The molecule has 6 heteroatoms. The van der Waals surface area contributed by atoms with Crippen LogP contribution in [0.4, 0.5) is 0 Å². The van der Waals surface area contributed by atoms with Gasteiger partial charge in [0.1, 0.15) is 5.56 Å². The van der Waals surface area contributed by atoms with Gasteiger partial charge in [0.05, 0.1) is 27.9 Å². The van der Waals surface area contributed by atoms with Gasteiger partial charge in [-0.1, -0.05) is 0 Å². The molecule has 0 unspecified atom stereocenters. The summed E-state index contributed by atoms with van der Waals surface area (Å²) in [4.78, 5) is 20.7. The predicted octanol–water partition coefficient (Wildman–Crippen LogP) is 1.63. The maximum Gasteiger partial charge on any atom is 0.376 e. The molecule has 0 bridgehead atoms. The van der Waals surface area contributed by atoms with Crippen LogP contribution in [0.2, 0.25) is 0 Å². The number of carbonyl (C=O) groups is 1. The van der Waals surface area contributed by atoms with E-state index in [1.165, 1.54) is 27.4 Å². The summed E-state index contributed by atoms with van der Waals surface area (Å²) in [6, 6.07) is 3.07. The van der Waals surface area contributed by atoms with E-state index in [0.29, 0.717) is 11.5 Å². The van der Waals surface area contributed by atoms with E-state index in [1.807, 2.05) is 0 Å². The highest BCUT2D eigenvalue weighted by Crippen LogP contribution is 2.39. The fraction of sp³-hybridized carbons (Fsp3) is 0.333. The van der Waals surface area contributed by atoms with Crippen molar-refractivity contribution in [3.8, 4) is 17.2 Å². The molecule has 18 heavy (non-hydrogen) atoms. The van der Waals surface area contributed by atoms with Gasteiger partial charge in [-0.25, -0.2) is 4.79 Å². The molecule has 0 aromatic heterocycles. The van der Waals surface area contributed by atoms with Gasteiger partial charge in [-0.2, -0.15) is 4.89 Å². The quantitative estimate of drug-likeness (QED) is 0.568. The van der Waals surface area contributed by atoms with Crippen molar-refractivity contribution >= 4 is 5.97 Å². The molecule has 0 N–H and O–H groups in total. The molecule has 1 aromatic rings. The van der Waals surface area contributed by atoms with Crippen molar-refractivity contribution in [2.75, 3.05) is 27.9 Å². The molecule has 0 spiro atoms. The summed E-state index contributed by atoms with van der Waals surface area (Å²) in [5.74, 6) is 0.277. The number of methoxy groups -OCH3 is 3. The lowest BCUT2D eigenvalue weighted by Gasteiger charge is -2.14.